The zero-order chi connectivity index (χ0) is 23.5. The van der Waals surface area contributed by atoms with E-state index in [1.807, 2.05) is 35.9 Å². The average molecular weight is 464 g/mol. The first-order valence-electron chi connectivity index (χ1n) is 11.2. The maximum Gasteiger partial charge on any atom is 0.180 e. The monoisotopic (exact) mass is 464 g/mol. The highest BCUT2D eigenvalue weighted by atomic mass is 15.3. The summed E-state index contributed by atoms with van der Waals surface area (Å²) in [5.74, 6) is 1.37. The Kier molecular flexibility index (Phi) is 4.17. The van der Waals surface area contributed by atoms with Crippen molar-refractivity contribution in [1.82, 2.24) is 49.7 Å². The number of hydrogen-bond acceptors (Lipinski definition) is 9. The second-order valence-corrected chi connectivity index (χ2v) is 8.63. The van der Waals surface area contributed by atoms with E-state index < -0.39 is 0 Å². The third kappa shape index (κ3) is 3.22. The normalized spacial score (nSPS) is 14.2. The fraction of sp³-hybridized carbons (Fsp3) is 0.174. The highest BCUT2D eigenvalue weighted by molar-refractivity contribution is 5.92. The van der Waals surface area contributed by atoms with E-state index >= 15 is 0 Å². The van der Waals surface area contributed by atoms with Gasteiger partial charge in [-0.25, -0.2) is 24.9 Å². The van der Waals surface area contributed by atoms with E-state index in [4.69, 9.17) is 20.7 Å². The Morgan fingerprint density at radius 3 is 2.77 bits per heavy atom. The number of aromatic nitrogens is 10. The van der Waals surface area contributed by atoms with E-state index in [1.165, 1.54) is 0 Å². The second kappa shape index (κ2) is 7.40. The number of nitrogens with two attached hydrogens (primary N) is 1. The Balaban J connectivity index is 1.31. The molecule has 0 bridgehead atoms. The number of imidazole rings is 2. The van der Waals surface area contributed by atoms with Crippen molar-refractivity contribution < 1.29 is 0 Å². The second-order valence-electron chi connectivity index (χ2n) is 8.63. The first kappa shape index (κ1) is 19.7. The summed E-state index contributed by atoms with van der Waals surface area (Å²) in [6.07, 6.45) is 8.91. The van der Waals surface area contributed by atoms with E-state index in [-0.39, 0.29) is 6.04 Å². The average Bonchev–Trinajstić information content (AvgIpc) is 3.59. The van der Waals surface area contributed by atoms with Gasteiger partial charge in [0.1, 0.15) is 22.5 Å². The van der Waals surface area contributed by atoms with Crippen LogP contribution in [0.4, 0.5) is 5.82 Å². The van der Waals surface area contributed by atoms with Crippen LogP contribution in [0.1, 0.15) is 5.69 Å². The predicted octanol–water partition coefficient (Wildman–Crippen LogP) is 1.99. The molecule has 1 aliphatic rings. The van der Waals surface area contributed by atoms with Crippen molar-refractivity contribution in [3.05, 3.63) is 55.0 Å². The summed E-state index contributed by atoms with van der Waals surface area (Å²) < 4.78 is 1.94. The van der Waals surface area contributed by atoms with Crippen LogP contribution in [0.5, 0.6) is 0 Å². The van der Waals surface area contributed by atoms with Gasteiger partial charge in [-0.15, -0.1) is 0 Å². The minimum atomic E-state index is 0.181. The number of H-pyrrole nitrogens is 2. The van der Waals surface area contributed by atoms with Crippen LogP contribution in [0.3, 0.4) is 0 Å². The standard InChI is InChI=1S/C23H20N12/c1-12-8-35(11-27-12)17-4-5-26-22-20(17)30-23(31-22)21-19-15(32-33-21)3-2-14(29-19)16-6-25-7-18(28-16)34-9-13(24)10-34/h2-8,11,13H,9-10,24H2,1H3,(H,32,33)(H,26,30,31). The highest BCUT2D eigenvalue weighted by Gasteiger charge is 2.25. The van der Waals surface area contributed by atoms with Gasteiger partial charge in [0.2, 0.25) is 0 Å². The third-order valence-corrected chi connectivity index (χ3v) is 6.11. The summed E-state index contributed by atoms with van der Waals surface area (Å²) in [7, 11) is 0. The van der Waals surface area contributed by atoms with Gasteiger partial charge in [0.15, 0.2) is 17.2 Å². The summed E-state index contributed by atoms with van der Waals surface area (Å²) in [5.41, 5.74) is 12.6. The molecule has 0 aliphatic carbocycles. The summed E-state index contributed by atoms with van der Waals surface area (Å²) in [4.78, 5) is 32.9. The first-order valence-corrected chi connectivity index (χ1v) is 11.2. The number of pyridine rings is 2. The largest absolute Gasteiger partial charge is 0.352 e. The summed E-state index contributed by atoms with van der Waals surface area (Å²) in [6.45, 7) is 3.50. The van der Waals surface area contributed by atoms with Crippen LogP contribution in [0.2, 0.25) is 0 Å². The fourth-order valence-corrected chi connectivity index (χ4v) is 4.32. The minimum absolute atomic E-state index is 0.181. The fourth-order valence-electron chi connectivity index (χ4n) is 4.32. The molecule has 1 fully saturated rings. The van der Waals surface area contributed by atoms with Crippen LogP contribution in [0.15, 0.2) is 49.3 Å². The SMILES string of the molecule is Cc1cn(-c2ccnc3nc(-c4n[nH]c5ccc(-c6cncc(N7CC(N)C7)n6)nc45)[nH]c23)cn1. The third-order valence-electron chi connectivity index (χ3n) is 6.11. The minimum Gasteiger partial charge on any atom is -0.352 e. The number of rotatable bonds is 4. The Morgan fingerprint density at radius 1 is 1.03 bits per heavy atom. The Bertz CT molecular complexity index is 1700. The van der Waals surface area contributed by atoms with Gasteiger partial charge in [-0.05, 0) is 25.1 Å². The zero-order valence-corrected chi connectivity index (χ0v) is 18.7. The molecule has 0 saturated carbocycles. The first-order chi connectivity index (χ1) is 17.1. The molecule has 0 aromatic carbocycles. The van der Waals surface area contributed by atoms with Crippen LogP contribution in [0.25, 0.3) is 50.8 Å². The van der Waals surface area contributed by atoms with Crippen LogP contribution in [-0.4, -0.2) is 68.8 Å². The van der Waals surface area contributed by atoms with Crippen molar-refractivity contribution in [2.45, 2.75) is 13.0 Å². The number of aromatic amines is 2. The van der Waals surface area contributed by atoms with E-state index in [9.17, 15) is 0 Å². The summed E-state index contributed by atoms with van der Waals surface area (Å²) >= 11 is 0. The molecule has 12 nitrogen and oxygen atoms in total. The molecule has 0 atom stereocenters. The smallest absolute Gasteiger partial charge is 0.180 e. The lowest BCUT2D eigenvalue weighted by Gasteiger charge is -2.37. The molecular weight excluding hydrogens is 444 g/mol. The number of nitrogens with one attached hydrogen (secondary N) is 2. The van der Waals surface area contributed by atoms with Gasteiger partial charge in [-0.2, -0.15) is 5.10 Å². The van der Waals surface area contributed by atoms with Gasteiger partial charge in [0, 0.05) is 31.5 Å². The molecule has 0 spiro atoms. The van der Waals surface area contributed by atoms with Gasteiger partial charge in [0.05, 0.1) is 41.3 Å². The van der Waals surface area contributed by atoms with Crippen LogP contribution in [-0.2, 0) is 0 Å². The molecule has 6 aromatic rings. The van der Waals surface area contributed by atoms with E-state index in [0.29, 0.717) is 34.1 Å². The number of fused-ring (bicyclic) bond motifs is 2. The predicted molar refractivity (Wildman–Crippen MR) is 130 cm³/mol. The molecule has 172 valence electrons. The molecule has 4 N–H and O–H groups in total. The summed E-state index contributed by atoms with van der Waals surface area (Å²) in [5, 5.41) is 7.54. The van der Waals surface area contributed by atoms with Crippen molar-refractivity contribution in [3.63, 3.8) is 0 Å². The highest BCUT2D eigenvalue weighted by Crippen LogP contribution is 2.29. The van der Waals surface area contributed by atoms with Gasteiger partial charge in [-0.3, -0.25) is 10.1 Å². The summed E-state index contributed by atoms with van der Waals surface area (Å²) in [6, 6.07) is 5.93. The topological polar surface area (TPSA) is 156 Å². The number of aryl methyl sites for hydroxylation is 1. The Hall–Kier alpha value is -4.71. The van der Waals surface area contributed by atoms with Gasteiger partial charge in [-0.1, -0.05) is 0 Å². The molecule has 0 radical (unpaired) electrons. The van der Waals surface area contributed by atoms with E-state index in [2.05, 4.69) is 35.0 Å². The van der Waals surface area contributed by atoms with Gasteiger partial charge >= 0.3 is 0 Å². The zero-order valence-electron chi connectivity index (χ0n) is 18.7. The van der Waals surface area contributed by atoms with E-state index in [1.54, 1.807) is 24.9 Å². The van der Waals surface area contributed by atoms with Crippen LogP contribution in [0, 0.1) is 6.92 Å². The van der Waals surface area contributed by atoms with Crippen molar-refractivity contribution in [2.24, 2.45) is 5.73 Å². The van der Waals surface area contributed by atoms with Gasteiger partial charge < -0.3 is 20.2 Å². The van der Waals surface area contributed by atoms with Crippen molar-refractivity contribution in [1.29, 1.82) is 0 Å². The lowest BCUT2D eigenvalue weighted by atomic mass is 10.1. The Morgan fingerprint density at radius 2 is 1.94 bits per heavy atom. The van der Waals surface area contributed by atoms with Crippen molar-refractivity contribution in [2.75, 3.05) is 18.0 Å². The lowest BCUT2D eigenvalue weighted by molar-refractivity contribution is 0.514. The van der Waals surface area contributed by atoms with Crippen molar-refractivity contribution in [3.8, 4) is 28.6 Å². The molecule has 6 aromatic heterocycles. The van der Waals surface area contributed by atoms with E-state index in [0.717, 1.165) is 41.3 Å². The maximum absolute atomic E-state index is 5.92. The molecule has 1 aliphatic heterocycles. The van der Waals surface area contributed by atoms with Gasteiger partial charge in [0.25, 0.3) is 0 Å². The quantitative estimate of drug-likeness (QED) is 0.355. The lowest BCUT2D eigenvalue weighted by Crippen LogP contribution is -2.56. The number of anilines is 1. The molecule has 7 heterocycles. The van der Waals surface area contributed by atoms with Crippen LogP contribution >= 0.6 is 0 Å². The van der Waals surface area contributed by atoms with Crippen LogP contribution < -0.4 is 10.6 Å². The molecule has 35 heavy (non-hydrogen) atoms. The molecule has 7 rings (SSSR count). The van der Waals surface area contributed by atoms with Crippen molar-refractivity contribution >= 4 is 28.0 Å². The molecular formula is C23H20N12. The molecule has 0 unspecified atom stereocenters. The number of nitrogens with zero attached hydrogens (tertiary/aromatic N) is 9. The molecule has 0 amide bonds. The number of hydrogen-bond donors (Lipinski definition) is 3. The molecule has 1 saturated heterocycles. The Labute approximate surface area is 198 Å². The molecule has 12 heteroatoms. The maximum atomic E-state index is 5.92.